The molecule has 32 heavy (non-hydrogen) atoms. The third-order valence-electron chi connectivity index (χ3n) is 6.99. The lowest BCUT2D eigenvalue weighted by molar-refractivity contribution is 0.252. The van der Waals surface area contributed by atoms with Gasteiger partial charge in [-0.05, 0) is 64.6 Å². The van der Waals surface area contributed by atoms with Crippen LogP contribution in [0.15, 0.2) is 60.7 Å². The van der Waals surface area contributed by atoms with Crippen LogP contribution in [0.5, 0.6) is 0 Å². The second-order valence-corrected chi connectivity index (χ2v) is 9.24. The highest BCUT2D eigenvalue weighted by atomic mass is 19.2. The molecule has 0 saturated heterocycles. The Balaban J connectivity index is 1.35. The Morgan fingerprint density at radius 3 is 1.56 bits per heavy atom. The first-order valence-corrected chi connectivity index (χ1v) is 11.9. The van der Waals surface area contributed by atoms with Crippen molar-refractivity contribution < 1.29 is 13.2 Å². The first kappa shape index (κ1) is 22.6. The summed E-state index contributed by atoms with van der Waals surface area (Å²) < 4.78 is 40.2. The van der Waals surface area contributed by atoms with Gasteiger partial charge in [-0.2, -0.15) is 0 Å². The van der Waals surface area contributed by atoms with E-state index in [0.717, 1.165) is 41.5 Å². The molecule has 0 amide bonds. The molecule has 1 fully saturated rings. The molecule has 0 N–H and O–H groups in total. The van der Waals surface area contributed by atoms with E-state index in [0.29, 0.717) is 11.1 Å². The van der Waals surface area contributed by atoms with Crippen molar-refractivity contribution in [3.05, 3.63) is 83.7 Å². The summed E-state index contributed by atoms with van der Waals surface area (Å²) in [6.07, 6.45) is 10.7. The van der Waals surface area contributed by atoms with Crippen LogP contribution >= 0.6 is 0 Å². The summed E-state index contributed by atoms with van der Waals surface area (Å²) in [7, 11) is 0. The van der Waals surface area contributed by atoms with Crippen LogP contribution in [0.25, 0.3) is 22.3 Å². The summed E-state index contributed by atoms with van der Waals surface area (Å²) in [4.78, 5) is 0. The molecular weight excluding hydrogens is 405 g/mol. The Labute approximate surface area is 189 Å². The Kier molecular flexibility index (Phi) is 7.34. The maximum absolute atomic E-state index is 13.5. The van der Waals surface area contributed by atoms with E-state index in [1.165, 1.54) is 50.5 Å². The van der Waals surface area contributed by atoms with Crippen LogP contribution in [-0.2, 0) is 6.42 Å². The SMILES string of the molecule is CCCC1CCC(CCc2ccc(-c3ccc(-c4cc(F)c(F)c(F)c4)cc3)cc2)CC1. The molecule has 1 aliphatic carbocycles. The predicted molar refractivity (Wildman–Crippen MR) is 126 cm³/mol. The third-order valence-corrected chi connectivity index (χ3v) is 6.99. The number of aryl methyl sites for hydroxylation is 1. The monoisotopic (exact) mass is 436 g/mol. The number of hydrogen-bond donors (Lipinski definition) is 0. The van der Waals surface area contributed by atoms with Gasteiger partial charge in [0.15, 0.2) is 17.5 Å². The third kappa shape index (κ3) is 5.43. The van der Waals surface area contributed by atoms with Crippen molar-refractivity contribution in [2.45, 2.75) is 58.3 Å². The van der Waals surface area contributed by atoms with Gasteiger partial charge in [0.05, 0.1) is 0 Å². The number of rotatable bonds is 7. The summed E-state index contributed by atoms with van der Waals surface area (Å²) in [5, 5.41) is 0. The summed E-state index contributed by atoms with van der Waals surface area (Å²) in [6, 6.07) is 18.2. The predicted octanol–water partition coefficient (Wildman–Crippen LogP) is 8.98. The van der Waals surface area contributed by atoms with E-state index in [2.05, 4.69) is 31.2 Å². The average Bonchev–Trinajstić information content (AvgIpc) is 2.82. The fraction of sp³-hybridized carbons (Fsp3) is 0.379. The van der Waals surface area contributed by atoms with Gasteiger partial charge in [0.25, 0.3) is 0 Å². The molecule has 0 aromatic heterocycles. The van der Waals surface area contributed by atoms with Crippen LogP contribution in [0.2, 0.25) is 0 Å². The van der Waals surface area contributed by atoms with E-state index >= 15 is 0 Å². The van der Waals surface area contributed by atoms with E-state index in [-0.39, 0.29) is 0 Å². The summed E-state index contributed by atoms with van der Waals surface area (Å²) in [5.74, 6) is -1.95. The molecule has 0 bridgehead atoms. The maximum atomic E-state index is 13.5. The van der Waals surface area contributed by atoms with E-state index in [9.17, 15) is 13.2 Å². The maximum Gasteiger partial charge on any atom is 0.194 e. The van der Waals surface area contributed by atoms with Crippen LogP contribution < -0.4 is 0 Å². The molecule has 0 radical (unpaired) electrons. The summed E-state index contributed by atoms with van der Waals surface area (Å²) in [6.45, 7) is 2.29. The highest BCUT2D eigenvalue weighted by Crippen LogP contribution is 2.34. The quantitative estimate of drug-likeness (QED) is 0.324. The fourth-order valence-corrected chi connectivity index (χ4v) is 5.03. The minimum absolute atomic E-state index is 0.326. The van der Waals surface area contributed by atoms with Crippen LogP contribution in [0.4, 0.5) is 13.2 Å². The second-order valence-electron chi connectivity index (χ2n) is 9.24. The van der Waals surface area contributed by atoms with Crippen molar-refractivity contribution >= 4 is 0 Å². The van der Waals surface area contributed by atoms with Crippen LogP contribution in [0, 0.1) is 29.3 Å². The van der Waals surface area contributed by atoms with E-state index in [1.807, 2.05) is 24.3 Å². The zero-order valence-corrected chi connectivity index (χ0v) is 18.7. The van der Waals surface area contributed by atoms with E-state index < -0.39 is 17.5 Å². The van der Waals surface area contributed by atoms with Gasteiger partial charge in [0.1, 0.15) is 0 Å². The lowest BCUT2D eigenvalue weighted by atomic mass is 9.78. The molecule has 1 saturated carbocycles. The molecular formula is C29H31F3. The van der Waals surface area contributed by atoms with Gasteiger partial charge in [0, 0.05) is 0 Å². The normalized spacial score (nSPS) is 18.6. The van der Waals surface area contributed by atoms with Crippen molar-refractivity contribution in [3.63, 3.8) is 0 Å². The zero-order chi connectivity index (χ0) is 22.5. The Morgan fingerprint density at radius 1 is 0.625 bits per heavy atom. The highest BCUT2D eigenvalue weighted by molar-refractivity contribution is 5.70. The Morgan fingerprint density at radius 2 is 1.06 bits per heavy atom. The summed E-state index contributed by atoms with van der Waals surface area (Å²) in [5.41, 5.74) is 4.50. The standard InChI is InChI=1S/C29H31F3/c1-2-3-20-4-6-21(7-5-20)8-9-22-10-12-23(13-11-22)24-14-16-25(17-15-24)26-18-27(30)29(32)28(31)19-26/h10-21H,2-9H2,1H3. The van der Waals surface area contributed by atoms with Gasteiger partial charge in [-0.15, -0.1) is 0 Å². The van der Waals surface area contributed by atoms with Crippen LogP contribution in [0.1, 0.15) is 57.4 Å². The first-order chi connectivity index (χ1) is 15.5. The molecule has 0 heterocycles. The second kappa shape index (κ2) is 10.4. The molecule has 0 spiro atoms. The fourth-order valence-electron chi connectivity index (χ4n) is 5.03. The molecule has 168 valence electrons. The average molecular weight is 437 g/mol. The summed E-state index contributed by atoms with van der Waals surface area (Å²) >= 11 is 0. The minimum Gasteiger partial charge on any atom is -0.204 e. The number of benzene rings is 3. The largest absolute Gasteiger partial charge is 0.204 e. The van der Waals surface area contributed by atoms with Crippen molar-refractivity contribution in [2.24, 2.45) is 11.8 Å². The smallest absolute Gasteiger partial charge is 0.194 e. The lowest BCUT2D eigenvalue weighted by Crippen LogP contribution is -2.15. The van der Waals surface area contributed by atoms with Gasteiger partial charge in [-0.25, -0.2) is 13.2 Å². The van der Waals surface area contributed by atoms with E-state index in [4.69, 9.17) is 0 Å². The Hall–Kier alpha value is -2.55. The van der Waals surface area contributed by atoms with Gasteiger partial charge >= 0.3 is 0 Å². The lowest BCUT2D eigenvalue weighted by Gasteiger charge is -2.28. The van der Waals surface area contributed by atoms with Crippen molar-refractivity contribution in [1.29, 1.82) is 0 Å². The Bertz CT molecular complexity index is 990. The van der Waals surface area contributed by atoms with Crippen molar-refractivity contribution in [3.8, 4) is 22.3 Å². The van der Waals surface area contributed by atoms with Gasteiger partial charge in [-0.3, -0.25) is 0 Å². The van der Waals surface area contributed by atoms with Crippen molar-refractivity contribution in [1.82, 2.24) is 0 Å². The molecule has 3 heteroatoms. The molecule has 1 aliphatic rings. The number of halogens is 3. The van der Waals surface area contributed by atoms with E-state index in [1.54, 1.807) is 0 Å². The van der Waals surface area contributed by atoms with Gasteiger partial charge < -0.3 is 0 Å². The minimum atomic E-state index is -1.44. The van der Waals surface area contributed by atoms with Crippen molar-refractivity contribution in [2.75, 3.05) is 0 Å². The van der Waals surface area contributed by atoms with Gasteiger partial charge in [0.2, 0.25) is 0 Å². The molecule has 3 aromatic rings. The van der Waals surface area contributed by atoms with Crippen LogP contribution in [0.3, 0.4) is 0 Å². The molecule has 0 nitrogen and oxygen atoms in total. The molecule has 0 unspecified atom stereocenters. The van der Waals surface area contributed by atoms with Gasteiger partial charge in [-0.1, -0.05) is 94.0 Å². The molecule has 3 aromatic carbocycles. The first-order valence-electron chi connectivity index (χ1n) is 11.9. The highest BCUT2D eigenvalue weighted by Gasteiger charge is 2.20. The number of hydrogen-bond acceptors (Lipinski definition) is 0. The molecule has 4 rings (SSSR count). The molecule has 0 atom stereocenters. The van der Waals surface area contributed by atoms with Crippen LogP contribution in [-0.4, -0.2) is 0 Å². The topological polar surface area (TPSA) is 0 Å². The molecule has 0 aliphatic heterocycles. The zero-order valence-electron chi connectivity index (χ0n) is 18.7.